The zero-order valence-electron chi connectivity index (χ0n) is 12.6. The molecule has 1 aromatic heterocycles. The van der Waals surface area contributed by atoms with Gasteiger partial charge in [-0.05, 0) is 30.3 Å². The fourth-order valence-electron chi connectivity index (χ4n) is 2.17. The molecule has 5 nitrogen and oxygen atoms in total. The molecule has 0 fully saturated rings. The highest BCUT2D eigenvalue weighted by atomic mass is 32.2. The number of para-hydroxylation sites is 1. The maximum Gasteiger partial charge on any atom is 0.215 e. The molecule has 0 saturated carbocycles. The van der Waals surface area contributed by atoms with Crippen molar-refractivity contribution >= 4 is 36.7 Å². The van der Waals surface area contributed by atoms with Gasteiger partial charge in [0.2, 0.25) is 10.0 Å². The van der Waals surface area contributed by atoms with E-state index < -0.39 is 10.0 Å². The maximum absolute atomic E-state index is 11.5. The molecule has 0 bridgehead atoms. The van der Waals surface area contributed by atoms with Gasteiger partial charge in [-0.2, -0.15) is 0 Å². The lowest BCUT2D eigenvalue weighted by Crippen LogP contribution is -2.20. The van der Waals surface area contributed by atoms with Crippen molar-refractivity contribution in [1.29, 1.82) is 0 Å². The summed E-state index contributed by atoms with van der Waals surface area (Å²) in [5.74, 6) is -0.00488. The third-order valence-electron chi connectivity index (χ3n) is 3.43. The Hall–Kier alpha value is -1.96. The summed E-state index contributed by atoms with van der Waals surface area (Å²) in [6.07, 6.45) is 0. The van der Waals surface area contributed by atoms with Gasteiger partial charge in [0.15, 0.2) is 5.13 Å². The van der Waals surface area contributed by atoms with E-state index in [1.165, 1.54) is 7.05 Å². The summed E-state index contributed by atoms with van der Waals surface area (Å²) in [5, 5.41) is 4.19. The molecule has 0 aliphatic carbocycles. The minimum Gasteiger partial charge on any atom is -0.357 e. The molecule has 7 heteroatoms. The van der Waals surface area contributed by atoms with Crippen molar-refractivity contribution in [2.24, 2.45) is 0 Å². The number of nitrogens with zero attached hydrogens (tertiary/aromatic N) is 1. The molecule has 3 rings (SSSR count). The summed E-state index contributed by atoms with van der Waals surface area (Å²) >= 11 is 1.62. The van der Waals surface area contributed by atoms with E-state index in [4.69, 9.17) is 0 Å². The van der Waals surface area contributed by atoms with E-state index in [1.54, 1.807) is 11.3 Å². The first-order valence-corrected chi connectivity index (χ1v) is 9.61. The van der Waals surface area contributed by atoms with Crippen LogP contribution in [0.5, 0.6) is 0 Å². The Morgan fingerprint density at radius 2 is 1.74 bits per heavy atom. The molecule has 0 atom stereocenters. The molecule has 2 N–H and O–H groups in total. The van der Waals surface area contributed by atoms with Crippen LogP contribution in [0.25, 0.3) is 10.2 Å². The van der Waals surface area contributed by atoms with Gasteiger partial charge in [-0.25, -0.2) is 18.1 Å². The van der Waals surface area contributed by atoms with Crippen LogP contribution >= 0.6 is 11.3 Å². The second kappa shape index (κ2) is 6.66. The fourth-order valence-corrected chi connectivity index (χ4v) is 3.81. The number of benzene rings is 2. The molecular formula is C16H17N3O2S2. The van der Waals surface area contributed by atoms with Crippen molar-refractivity contribution in [2.75, 3.05) is 12.4 Å². The predicted molar refractivity (Wildman–Crippen MR) is 95.1 cm³/mol. The van der Waals surface area contributed by atoms with Gasteiger partial charge in [0.25, 0.3) is 0 Å². The van der Waals surface area contributed by atoms with E-state index in [-0.39, 0.29) is 5.75 Å². The van der Waals surface area contributed by atoms with Crippen LogP contribution in [0.2, 0.25) is 0 Å². The first-order valence-electron chi connectivity index (χ1n) is 7.14. The number of hydrogen-bond donors (Lipinski definition) is 2. The first kappa shape index (κ1) is 15.9. The van der Waals surface area contributed by atoms with Crippen LogP contribution in [0, 0.1) is 0 Å². The van der Waals surface area contributed by atoms with Crippen molar-refractivity contribution in [3.63, 3.8) is 0 Å². The molecule has 0 radical (unpaired) electrons. The molecule has 0 aliphatic rings. The van der Waals surface area contributed by atoms with E-state index >= 15 is 0 Å². The average Bonchev–Trinajstić information content (AvgIpc) is 2.97. The summed E-state index contributed by atoms with van der Waals surface area (Å²) in [5.41, 5.74) is 2.84. The van der Waals surface area contributed by atoms with Gasteiger partial charge < -0.3 is 5.32 Å². The number of nitrogens with one attached hydrogen (secondary N) is 2. The van der Waals surface area contributed by atoms with E-state index in [2.05, 4.69) is 21.1 Å². The second-order valence-corrected chi connectivity index (χ2v) is 8.08. The van der Waals surface area contributed by atoms with Gasteiger partial charge in [0.05, 0.1) is 16.0 Å². The Balaban J connectivity index is 1.64. The fraction of sp³-hybridized carbons (Fsp3) is 0.188. The van der Waals surface area contributed by atoms with Gasteiger partial charge in [0.1, 0.15) is 0 Å². The van der Waals surface area contributed by atoms with Crippen molar-refractivity contribution in [1.82, 2.24) is 9.71 Å². The van der Waals surface area contributed by atoms with Crippen molar-refractivity contribution in [2.45, 2.75) is 12.3 Å². The van der Waals surface area contributed by atoms with Crippen LogP contribution in [-0.2, 0) is 22.3 Å². The molecule has 0 amide bonds. The third kappa shape index (κ3) is 4.07. The van der Waals surface area contributed by atoms with Crippen molar-refractivity contribution in [3.05, 3.63) is 59.7 Å². The highest BCUT2D eigenvalue weighted by Crippen LogP contribution is 2.25. The number of sulfonamides is 1. The maximum atomic E-state index is 11.5. The van der Waals surface area contributed by atoms with Crippen LogP contribution in [0.3, 0.4) is 0 Å². The lowest BCUT2D eigenvalue weighted by molar-refractivity contribution is 0.587. The van der Waals surface area contributed by atoms with Gasteiger partial charge in [-0.15, -0.1) is 0 Å². The SMILES string of the molecule is CNS(=O)(=O)Cc1ccc(CNc2nc3ccccc3s2)cc1. The lowest BCUT2D eigenvalue weighted by Gasteiger charge is -2.05. The standard InChI is InChI=1S/C16H17N3O2S2/c1-17-23(20,21)11-13-8-6-12(7-9-13)10-18-16-19-14-4-2-3-5-15(14)22-16/h2-9,17H,10-11H2,1H3,(H,18,19). The molecule has 120 valence electrons. The third-order valence-corrected chi connectivity index (χ3v) is 5.76. The number of rotatable bonds is 6. The number of fused-ring (bicyclic) bond motifs is 1. The highest BCUT2D eigenvalue weighted by molar-refractivity contribution is 7.88. The predicted octanol–water partition coefficient (Wildman–Crippen LogP) is 2.96. The van der Waals surface area contributed by atoms with Crippen LogP contribution < -0.4 is 10.0 Å². The van der Waals surface area contributed by atoms with Crippen LogP contribution in [0.1, 0.15) is 11.1 Å². The van der Waals surface area contributed by atoms with E-state index in [0.29, 0.717) is 6.54 Å². The van der Waals surface area contributed by atoms with Gasteiger partial charge in [0, 0.05) is 6.54 Å². The topological polar surface area (TPSA) is 71.1 Å². The molecule has 2 aromatic carbocycles. The summed E-state index contributed by atoms with van der Waals surface area (Å²) in [6, 6.07) is 15.6. The zero-order valence-corrected chi connectivity index (χ0v) is 14.2. The molecule has 0 saturated heterocycles. The Bertz CT molecular complexity index is 869. The molecule has 3 aromatic rings. The molecule has 1 heterocycles. The Labute approximate surface area is 139 Å². The van der Waals surface area contributed by atoms with E-state index in [1.807, 2.05) is 42.5 Å². The second-order valence-electron chi connectivity index (χ2n) is 5.12. The normalized spacial score (nSPS) is 11.7. The lowest BCUT2D eigenvalue weighted by atomic mass is 10.1. The minimum atomic E-state index is -3.23. The number of aromatic nitrogens is 1. The van der Waals surface area contributed by atoms with Gasteiger partial charge >= 0.3 is 0 Å². The molecule has 0 spiro atoms. The minimum absolute atomic E-state index is 0.00488. The smallest absolute Gasteiger partial charge is 0.215 e. The molecular weight excluding hydrogens is 330 g/mol. The quantitative estimate of drug-likeness (QED) is 0.719. The number of hydrogen-bond acceptors (Lipinski definition) is 5. The molecule has 0 aliphatic heterocycles. The Morgan fingerprint density at radius 3 is 2.43 bits per heavy atom. The molecule has 0 unspecified atom stereocenters. The van der Waals surface area contributed by atoms with Crippen molar-refractivity contribution < 1.29 is 8.42 Å². The summed E-state index contributed by atoms with van der Waals surface area (Å²) in [4.78, 5) is 4.52. The van der Waals surface area contributed by atoms with E-state index in [9.17, 15) is 8.42 Å². The number of thiazole rings is 1. The summed E-state index contributed by atoms with van der Waals surface area (Å²) in [7, 11) is -1.81. The van der Waals surface area contributed by atoms with Gasteiger partial charge in [-0.3, -0.25) is 0 Å². The van der Waals surface area contributed by atoms with Crippen LogP contribution in [0.15, 0.2) is 48.5 Å². The summed E-state index contributed by atoms with van der Waals surface area (Å²) < 4.78 is 26.5. The Kier molecular flexibility index (Phi) is 4.61. The summed E-state index contributed by atoms with van der Waals surface area (Å²) in [6.45, 7) is 0.652. The monoisotopic (exact) mass is 347 g/mol. The zero-order chi connectivity index (χ0) is 16.3. The largest absolute Gasteiger partial charge is 0.357 e. The van der Waals surface area contributed by atoms with Gasteiger partial charge in [-0.1, -0.05) is 47.7 Å². The van der Waals surface area contributed by atoms with Crippen molar-refractivity contribution in [3.8, 4) is 0 Å². The average molecular weight is 347 g/mol. The van der Waals surface area contributed by atoms with Crippen LogP contribution in [0.4, 0.5) is 5.13 Å². The first-order chi connectivity index (χ1) is 11.1. The van der Waals surface area contributed by atoms with E-state index in [0.717, 1.165) is 26.5 Å². The van der Waals surface area contributed by atoms with Crippen LogP contribution in [-0.4, -0.2) is 20.4 Å². The number of anilines is 1. The Morgan fingerprint density at radius 1 is 1.04 bits per heavy atom. The highest BCUT2D eigenvalue weighted by Gasteiger charge is 2.08. The molecule has 23 heavy (non-hydrogen) atoms.